The lowest BCUT2D eigenvalue weighted by Gasteiger charge is -2.09. The minimum absolute atomic E-state index is 0.0638. The molecule has 2 amide bonds. The number of sulfonamides is 2. The van der Waals surface area contributed by atoms with E-state index in [2.05, 4.69) is 15.4 Å². The number of nitrogens with two attached hydrogens (primary N) is 1. The molecule has 0 aliphatic rings. The van der Waals surface area contributed by atoms with Gasteiger partial charge >= 0.3 is 5.97 Å². The van der Waals surface area contributed by atoms with Crippen molar-refractivity contribution in [3.63, 3.8) is 0 Å². The van der Waals surface area contributed by atoms with Crippen molar-refractivity contribution in [1.29, 1.82) is 0 Å². The summed E-state index contributed by atoms with van der Waals surface area (Å²) in [4.78, 5) is 34.4. The molecule has 0 heterocycles. The number of ether oxygens (including phenoxy) is 1. The third-order valence-electron chi connectivity index (χ3n) is 3.92. The van der Waals surface area contributed by atoms with Crippen molar-refractivity contribution in [2.24, 2.45) is 5.14 Å². The molecule has 2 aromatic rings. The van der Waals surface area contributed by atoms with Crippen LogP contribution in [0.3, 0.4) is 0 Å². The van der Waals surface area contributed by atoms with Crippen LogP contribution in [0.1, 0.15) is 13.3 Å². The van der Waals surface area contributed by atoms with Gasteiger partial charge < -0.3 is 15.4 Å². The molecule has 0 aromatic heterocycles. The maximum absolute atomic E-state index is 12.2. The van der Waals surface area contributed by atoms with Crippen LogP contribution < -0.4 is 20.5 Å². The van der Waals surface area contributed by atoms with Crippen molar-refractivity contribution in [1.82, 2.24) is 4.72 Å². The number of esters is 1. The Morgan fingerprint density at radius 3 is 2.18 bits per heavy atom. The average molecular weight is 499 g/mol. The van der Waals surface area contributed by atoms with E-state index in [4.69, 9.17) is 9.88 Å². The summed E-state index contributed by atoms with van der Waals surface area (Å²) in [6, 6.07) is 10.6. The first-order valence-electron chi connectivity index (χ1n) is 9.32. The summed E-state index contributed by atoms with van der Waals surface area (Å²) in [6.07, 6.45) is -0.336. The molecule has 0 radical (unpaired) electrons. The largest absolute Gasteiger partial charge is 0.456 e. The highest BCUT2D eigenvalue weighted by molar-refractivity contribution is 7.89. The van der Waals surface area contributed by atoms with Crippen molar-refractivity contribution >= 4 is 49.2 Å². The van der Waals surface area contributed by atoms with Crippen LogP contribution in [0.2, 0.25) is 0 Å². The molecule has 14 heteroatoms. The van der Waals surface area contributed by atoms with Gasteiger partial charge in [-0.25, -0.2) is 26.7 Å². The van der Waals surface area contributed by atoms with E-state index in [1.807, 2.05) is 0 Å². The standard InChI is InChI=1S/C19H22N4O8S2/c1-13(24)22-14-5-7-16(8-6-14)33(29,30)21-10-9-19(26)31-12-18(25)23-15-3-2-4-17(11-15)32(20,27)28/h2-8,11,21H,9-10,12H2,1H3,(H,22,24)(H,23,25)(H2,20,27,28). The Morgan fingerprint density at radius 2 is 1.58 bits per heavy atom. The Hall–Kier alpha value is -3.33. The lowest BCUT2D eigenvalue weighted by Crippen LogP contribution is -2.28. The smallest absolute Gasteiger partial charge is 0.307 e. The van der Waals surface area contributed by atoms with Crippen LogP contribution in [0.4, 0.5) is 11.4 Å². The number of hydrogen-bond donors (Lipinski definition) is 4. The Bertz CT molecular complexity index is 1240. The number of benzene rings is 2. The highest BCUT2D eigenvalue weighted by Gasteiger charge is 2.15. The predicted molar refractivity (Wildman–Crippen MR) is 118 cm³/mol. The lowest BCUT2D eigenvalue weighted by atomic mass is 10.3. The fourth-order valence-corrected chi connectivity index (χ4v) is 4.05. The first kappa shape index (κ1) is 25.9. The fraction of sp³-hybridized carbons (Fsp3) is 0.211. The number of primary sulfonamides is 1. The third kappa shape index (κ3) is 8.61. The molecular weight excluding hydrogens is 476 g/mol. The van der Waals surface area contributed by atoms with E-state index in [0.29, 0.717) is 5.69 Å². The average Bonchev–Trinajstić information content (AvgIpc) is 2.72. The van der Waals surface area contributed by atoms with Crippen LogP contribution in [0.25, 0.3) is 0 Å². The van der Waals surface area contributed by atoms with Crippen molar-refractivity contribution < 1.29 is 36.0 Å². The third-order valence-corrected chi connectivity index (χ3v) is 6.30. The molecule has 0 saturated heterocycles. The number of anilines is 2. The molecule has 0 bridgehead atoms. The molecule has 5 N–H and O–H groups in total. The van der Waals surface area contributed by atoms with E-state index in [1.54, 1.807) is 0 Å². The van der Waals surface area contributed by atoms with Gasteiger partial charge in [-0.3, -0.25) is 14.4 Å². The van der Waals surface area contributed by atoms with Gasteiger partial charge in [-0.05, 0) is 42.5 Å². The number of carbonyl (C=O) groups excluding carboxylic acids is 3. The molecule has 0 aliphatic carbocycles. The minimum atomic E-state index is -3.95. The Balaban J connectivity index is 1.78. The monoisotopic (exact) mass is 498 g/mol. The molecule has 0 fully saturated rings. The maximum Gasteiger partial charge on any atom is 0.307 e. The van der Waals surface area contributed by atoms with E-state index >= 15 is 0 Å². The Morgan fingerprint density at radius 1 is 0.909 bits per heavy atom. The van der Waals surface area contributed by atoms with Gasteiger partial charge in [0.25, 0.3) is 5.91 Å². The predicted octanol–water partition coefficient (Wildman–Crippen LogP) is 0.143. The molecule has 0 aliphatic heterocycles. The van der Waals surface area contributed by atoms with Crippen molar-refractivity contribution in [3.05, 3.63) is 48.5 Å². The summed E-state index contributed by atoms with van der Waals surface area (Å²) in [5.74, 6) is -1.85. The van der Waals surface area contributed by atoms with Crippen LogP contribution in [0.15, 0.2) is 58.3 Å². The van der Waals surface area contributed by atoms with Crippen LogP contribution in [0, 0.1) is 0 Å². The van der Waals surface area contributed by atoms with E-state index in [-0.39, 0.29) is 34.4 Å². The fourth-order valence-electron chi connectivity index (χ4n) is 2.46. The minimum Gasteiger partial charge on any atom is -0.456 e. The normalized spacial score (nSPS) is 11.5. The topological polar surface area (TPSA) is 191 Å². The summed E-state index contributed by atoms with van der Waals surface area (Å²) >= 11 is 0. The first-order chi connectivity index (χ1) is 15.4. The van der Waals surface area contributed by atoms with E-state index in [1.165, 1.54) is 49.4 Å². The number of carbonyl (C=O) groups is 3. The van der Waals surface area contributed by atoms with Gasteiger partial charge in [0.15, 0.2) is 6.61 Å². The van der Waals surface area contributed by atoms with Crippen LogP contribution in [-0.4, -0.2) is 47.8 Å². The van der Waals surface area contributed by atoms with E-state index in [0.717, 1.165) is 6.07 Å². The molecule has 2 aromatic carbocycles. The summed E-state index contributed by atoms with van der Waals surface area (Å²) in [6.45, 7) is 0.392. The van der Waals surface area contributed by atoms with Crippen molar-refractivity contribution in [3.8, 4) is 0 Å². The van der Waals surface area contributed by atoms with Gasteiger partial charge in [-0.1, -0.05) is 6.07 Å². The first-order valence-corrected chi connectivity index (χ1v) is 12.4. The van der Waals surface area contributed by atoms with Gasteiger partial charge in [0.1, 0.15) is 0 Å². The highest BCUT2D eigenvalue weighted by atomic mass is 32.2. The van der Waals surface area contributed by atoms with Crippen LogP contribution >= 0.6 is 0 Å². The van der Waals surface area contributed by atoms with Crippen LogP contribution in [0.5, 0.6) is 0 Å². The van der Waals surface area contributed by atoms with Crippen LogP contribution in [-0.2, 0) is 39.2 Å². The zero-order valence-electron chi connectivity index (χ0n) is 17.4. The second-order valence-electron chi connectivity index (χ2n) is 6.64. The second kappa shape index (κ2) is 11.0. The van der Waals surface area contributed by atoms with E-state index in [9.17, 15) is 31.2 Å². The molecule has 2 rings (SSSR count). The summed E-state index contributed by atoms with van der Waals surface area (Å²) in [7, 11) is -7.84. The number of hydrogen-bond acceptors (Lipinski definition) is 8. The lowest BCUT2D eigenvalue weighted by molar-refractivity contribution is -0.147. The zero-order chi connectivity index (χ0) is 24.6. The Kier molecular flexibility index (Phi) is 8.64. The molecule has 0 saturated carbocycles. The van der Waals surface area contributed by atoms with Crippen molar-refractivity contribution in [2.45, 2.75) is 23.1 Å². The number of nitrogens with one attached hydrogen (secondary N) is 3. The van der Waals surface area contributed by atoms with Gasteiger partial charge in [0, 0.05) is 24.8 Å². The number of rotatable bonds is 10. The van der Waals surface area contributed by atoms with Gasteiger partial charge in [0.2, 0.25) is 26.0 Å². The molecule has 0 spiro atoms. The Labute approximate surface area is 190 Å². The zero-order valence-corrected chi connectivity index (χ0v) is 19.0. The van der Waals surface area contributed by atoms with Crippen molar-refractivity contribution in [2.75, 3.05) is 23.8 Å². The van der Waals surface area contributed by atoms with Gasteiger partial charge in [0.05, 0.1) is 16.2 Å². The van der Waals surface area contributed by atoms with Gasteiger partial charge in [-0.2, -0.15) is 0 Å². The molecule has 33 heavy (non-hydrogen) atoms. The van der Waals surface area contributed by atoms with Gasteiger partial charge in [-0.15, -0.1) is 0 Å². The highest BCUT2D eigenvalue weighted by Crippen LogP contribution is 2.15. The van der Waals surface area contributed by atoms with E-state index < -0.39 is 38.5 Å². The molecule has 0 atom stereocenters. The second-order valence-corrected chi connectivity index (χ2v) is 9.96. The maximum atomic E-state index is 12.2. The molecule has 0 unspecified atom stereocenters. The SMILES string of the molecule is CC(=O)Nc1ccc(S(=O)(=O)NCCC(=O)OCC(=O)Nc2cccc(S(N)(=O)=O)c2)cc1. The summed E-state index contributed by atoms with van der Waals surface area (Å²) < 4.78 is 54.2. The summed E-state index contributed by atoms with van der Waals surface area (Å²) in [5, 5.41) is 9.88. The molecule has 178 valence electrons. The molecular formula is C19H22N4O8S2. The summed E-state index contributed by atoms with van der Waals surface area (Å²) in [5.41, 5.74) is 0.569. The number of amides is 2. The molecule has 12 nitrogen and oxygen atoms in total. The quantitative estimate of drug-likeness (QED) is 0.332.